The summed E-state index contributed by atoms with van der Waals surface area (Å²) in [5, 5.41) is 4.85. The van der Waals surface area contributed by atoms with Gasteiger partial charge in [0.25, 0.3) is 0 Å². The lowest BCUT2D eigenvalue weighted by Gasteiger charge is -2.18. The van der Waals surface area contributed by atoms with Gasteiger partial charge in [-0.25, -0.2) is 9.59 Å². The number of furan rings is 1. The fraction of sp³-hybridized carbons (Fsp3) is 0.212. The van der Waals surface area contributed by atoms with Crippen LogP contribution in [0.25, 0.3) is 44.2 Å². The van der Waals surface area contributed by atoms with Crippen LogP contribution < -0.4 is 5.32 Å². The molecule has 0 spiro atoms. The van der Waals surface area contributed by atoms with Gasteiger partial charge in [-0.3, -0.25) is 0 Å². The molecule has 1 N–H and O–H groups in total. The molecule has 0 radical (unpaired) electrons. The Balaban J connectivity index is 1.32. The van der Waals surface area contributed by atoms with Crippen LogP contribution >= 0.6 is 0 Å². The molecule has 5 aromatic rings. The summed E-state index contributed by atoms with van der Waals surface area (Å²) in [6.07, 6.45) is 0.118. The van der Waals surface area contributed by atoms with Crippen LogP contribution in [0.4, 0.5) is 4.79 Å². The van der Waals surface area contributed by atoms with E-state index in [1.54, 1.807) is 6.92 Å². The third-order valence-electron chi connectivity index (χ3n) is 6.99. The number of carbonyl (C=O) groups excluding carboxylic acids is 2. The first-order valence-corrected chi connectivity index (χ1v) is 13.1. The van der Waals surface area contributed by atoms with E-state index >= 15 is 0 Å². The van der Waals surface area contributed by atoms with Crippen molar-refractivity contribution in [2.45, 2.75) is 38.8 Å². The van der Waals surface area contributed by atoms with Gasteiger partial charge in [0.2, 0.25) is 0 Å². The second-order valence-corrected chi connectivity index (χ2v) is 9.60. The lowest BCUT2D eigenvalue weighted by atomic mass is 9.97. The Bertz CT molecular complexity index is 1600. The fourth-order valence-electron chi connectivity index (χ4n) is 4.66. The van der Waals surface area contributed by atoms with Gasteiger partial charge >= 0.3 is 12.1 Å². The molecule has 6 heteroatoms. The van der Waals surface area contributed by atoms with Gasteiger partial charge in [-0.2, -0.15) is 0 Å². The summed E-state index contributed by atoms with van der Waals surface area (Å²) in [5.41, 5.74) is 6.92. The average molecular weight is 522 g/mol. The molecule has 0 aliphatic carbocycles. The molecule has 39 heavy (non-hydrogen) atoms. The van der Waals surface area contributed by atoms with Gasteiger partial charge in [-0.1, -0.05) is 91.9 Å². The topological polar surface area (TPSA) is 77.8 Å². The normalized spacial score (nSPS) is 12.7. The lowest BCUT2D eigenvalue weighted by Crippen LogP contribution is -2.44. The molecule has 0 bridgehead atoms. The quantitative estimate of drug-likeness (QED) is 0.214. The predicted molar refractivity (Wildman–Crippen MR) is 153 cm³/mol. The van der Waals surface area contributed by atoms with Crippen LogP contribution in [0, 0.1) is 0 Å². The molecular formula is C33H31NO5. The van der Waals surface area contributed by atoms with Gasteiger partial charge in [-0.15, -0.1) is 0 Å². The smallest absolute Gasteiger partial charge is 0.408 e. The van der Waals surface area contributed by atoms with Gasteiger partial charge < -0.3 is 19.2 Å². The number of ether oxygens (including phenoxy) is 2. The summed E-state index contributed by atoms with van der Waals surface area (Å²) in [6.45, 7) is 3.73. The van der Waals surface area contributed by atoms with E-state index in [4.69, 9.17) is 13.9 Å². The van der Waals surface area contributed by atoms with Crippen LogP contribution in [0.15, 0.2) is 95.4 Å². The number of benzene rings is 4. The first-order valence-electron chi connectivity index (χ1n) is 13.1. The minimum absolute atomic E-state index is 0.236. The highest BCUT2D eigenvalue weighted by Crippen LogP contribution is 2.36. The Morgan fingerprint density at radius 1 is 0.821 bits per heavy atom. The van der Waals surface area contributed by atoms with Gasteiger partial charge in [0.15, 0.2) is 0 Å². The molecule has 0 saturated carbocycles. The number of hydrogen-bond donors (Lipinski definition) is 1. The van der Waals surface area contributed by atoms with Crippen molar-refractivity contribution in [3.63, 3.8) is 0 Å². The summed E-state index contributed by atoms with van der Waals surface area (Å²) in [4.78, 5) is 24.5. The summed E-state index contributed by atoms with van der Waals surface area (Å²) < 4.78 is 16.3. The largest absolute Gasteiger partial charge is 0.467 e. The maximum Gasteiger partial charge on any atom is 0.408 e. The number of para-hydroxylation sites is 2. The second kappa shape index (κ2) is 11.4. The van der Waals surface area contributed by atoms with E-state index < -0.39 is 18.1 Å². The number of rotatable bonds is 8. The van der Waals surface area contributed by atoms with Crippen LogP contribution in [0.1, 0.15) is 25.8 Å². The van der Waals surface area contributed by atoms with E-state index in [1.165, 1.54) is 7.11 Å². The Morgan fingerprint density at radius 2 is 1.46 bits per heavy atom. The fourth-order valence-corrected chi connectivity index (χ4v) is 4.66. The van der Waals surface area contributed by atoms with Crippen molar-refractivity contribution in [3.8, 4) is 22.3 Å². The molecule has 198 valence electrons. The van der Waals surface area contributed by atoms with E-state index in [0.29, 0.717) is 12.8 Å². The van der Waals surface area contributed by atoms with Crippen molar-refractivity contribution in [2.75, 3.05) is 7.11 Å². The molecular weight excluding hydrogens is 490 g/mol. The number of amides is 1. The van der Waals surface area contributed by atoms with Gasteiger partial charge in [0, 0.05) is 22.8 Å². The van der Waals surface area contributed by atoms with Crippen molar-refractivity contribution in [1.29, 1.82) is 0 Å². The van der Waals surface area contributed by atoms with Crippen LogP contribution in [0.5, 0.6) is 0 Å². The van der Waals surface area contributed by atoms with Crippen molar-refractivity contribution in [2.24, 2.45) is 0 Å². The predicted octanol–water partition coefficient (Wildman–Crippen LogP) is 7.53. The lowest BCUT2D eigenvalue weighted by molar-refractivity contribution is -0.143. The van der Waals surface area contributed by atoms with Crippen LogP contribution in [0.3, 0.4) is 0 Å². The first kappa shape index (κ1) is 26.0. The average Bonchev–Trinajstić information content (AvgIpc) is 3.36. The SMILES string of the molecule is CCC(C)OC(=O)NC(Cc1ccc(-c2ccc(-c3cccc4c3oc3ccccc34)cc2)cc1)C(=O)OC. The van der Waals surface area contributed by atoms with Crippen molar-refractivity contribution in [1.82, 2.24) is 5.32 Å². The number of carbonyl (C=O) groups is 2. The van der Waals surface area contributed by atoms with Crippen molar-refractivity contribution >= 4 is 34.0 Å². The Labute approximate surface area is 227 Å². The molecule has 2 unspecified atom stereocenters. The number of esters is 1. The van der Waals surface area contributed by atoms with Crippen molar-refractivity contribution < 1.29 is 23.5 Å². The summed E-state index contributed by atoms with van der Waals surface area (Å²) >= 11 is 0. The molecule has 6 nitrogen and oxygen atoms in total. The molecule has 2 atom stereocenters. The number of fused-ring (bicyclic) bond motifs is 3. The Kier molecular flexibility index (Phi) is 7.64. The van der Waals surface area contributed by atoms with Crippen LogP contribution in [0.2, 0.25) is 0 Å². The monoisotopic (exact) mass is 521 g/mol. The third-order valence-corrected chi connectivity index (χ3v) is 6.99. The maximum absolute atomic E-state index is 12.3. The minimum atomic E-state index is -0.836. The first-order chi connectivity index (χ1) is 19.0. The van der Waals surface area contributed by atoms with Crippen molar-refractivity contribution in [3.05, 3.63) is 96.6 Å². The van der Waals surface area contributed by atoms with Crippen LogP contribution in [-0.4, -0.2) is 31.3 Å². The minimum Gasteiger partial charge on any atom is -0.467 e. The zero-order chi connectivity index (χ0) is 27.4. The molecule has 1 heterocycles. The number of methoxy groups -OCH3 is 1. The highest BCUT2D eigenvalue weighted by Gasteiger charge is 2.23. The Hall–Kier alpha value is -4.58. The molecule has 0 fully saturated rings. The maximum atomic E-state index is 12.3. The molecule has 5 rings (SSSR count). The zero-order valence-corrected chi connectivity index (χ0v) is 22.3. The highest BCUT2D eigenvalue weighted by molar-refractivity contribution is 6.09. The summed E-state index contributed by atoms with van der Waals surface area (Å²) in [5.74, 6) is -0.518. The summed E-state index contributed by atoms with van der Waals surface area (Å²) in [7, 11) is 1.30. The zero-order valence-electron chi connectivity index (χ0n) is 22.3. The van der Waals surface area contributed by atoms with E-state index in [9.17, 15) is 9.59 Å². The van der Waals surface area contributed by atoms with E-state index in [-0.39, 0.29) is 6.10 Å². The molecule has 0 aliphatic heterocycles. The highest BCUT2D eigenvalue weighted by atomic mass is 16.6. The standard InChI is InChI=1S/C33H31NO5/c1-4-21(2)38-33(36)34-29(32(35)37-3)20-22-12-14-23(15-13-22)24-16-18-25(19-17-24)26-9-7-10-28-27-8-5-6-11-30(27)39-31(26)28/h5-19,21,29H,4,20H2,1-3H3,(H,34,36). The van der Waals surface area contributed by atoms with Gasteiger partial charge in [-0.05, 0) is 41.7 Å². The molecule has 1 aromatic heterocycles. The summed E-state index contributed by atoms with van der Waals surface area (Å²) in [6, 6.07) is 29.8. The number of alkyl carbamates (subject to hydrolysis) is 1. The van der Waals surface area contributed by atoms with E-state index in [0.717, 1.165) is 49.8 Å². The van der Waals surface area contributed by atoms with Gasteiger partial charge in [0.05, 0.1) is 7.11 Å². The van der Waals surface area contributed by atoms with Crippen LogP contribution in [-0.2, 0) is 20.7 Å². The second-order valence-electron chi connectivity index (χ2n) is 9.60. The van der Waals surface area contributed by atoms with Gasteiger partial charge in [0.1, 0.15) is 23.3 Å². The van der Waals surface area contributed by atoms with E-state index in [1.807, 2.05) is 49.4 Å². The third kappa shape index (κ3) is 5.65. The Morgan fingerprint density at radius 3 is 2.15 bits per heavy atom. The van der Waals surface area contributed by atoms with E-state index in [2.05, 4.69) is 53.8 Å². The number of nitrogens with one attached hydrogen (secondary N) is 1. The number of hydrogen-bond acceptors (Lipinski definition) is 5. The molecule has 1 amide bonds. The molecule has 0 saturated heterocycles. The molecule has 4 aromatic carbocycles. The molecule has 0 aliphatic rings.